The number of hydrogen-bond donors (Lipinski definition) is 0. The normalized spacial score (nSPS) is 11.8. The highest BCUT2D eigenvalue weighted by atomic mass is 16.3. The van der Waals surface area contributed by atoms with Crippen molar-refractivity contribution in [2.75, 3.05) is 0 Å². The van der Waals surface area contributed by atoms with E-state index in [0.29, 0.717) is 17.5 Å². The van der Waals surface area contributed by atoms with Gasteiger partial charge in [0.25, 0.3) is 0 Å². The molecule has 8 aromatic carbocycles. The van der Waals surface area contributed by atoms with E-state index in [1.807, 2.05) is 48.5 Å². The van der Waals surface area contributed by atoms with Gasteiger partial charge in [0.2, 0.25) is 0 Å². The molecule has 0 saturated carbocycles. The summed E-state index contributed by atoms with van der Waals surface area (Å²) < 4.78 is 13.0. The van der Waals surface area contributed by atoms with Gasteiger partial charge in [0.05, 0.1) is 0 Å². The second-order valence-corrected chi connectivity index (χ2v) is 13.2. The Bertz CT molecular complexity index is 3190. The van der Waals surface area contributed by atoms with Crippen LogP contribution in [0.4, 0.5) is 0 Å². The van der Waals surface area contributed by atoms with Gasteiger partial charge in [-0.15, -0.1) is 0 Å². The minimum absolute atomic E-state index is 0.594. The van der Waals surface area contributed by atoms with Crippen molar-refractivity contribution in [2.45, 2.75) is 0 Å². The zero-order valence-corrected chi connectivity index (χ0v) is 27.7. The predicted molar refractivity (Wildman–Crippen MR) is 211 cm³/mol. The summed E-state index contributed by atoms with van der Waals surface area (Å²) in [5, 5.41) is 8.81. The monoisotopic (exact) mass is 665 g/mol. The summed E-state index contributed by atoms with van der Waals surface area (Å²) in [6.45, 7) is 0. The number of hydrogen-bond acceptors (Lipinski definition) is 5. The van der Waals surface area contributed by atoms with E-state index in [2.05, 4.69) is 115 Å². The molecule has 52 heavy (non-hydrogen) atoms. The topological polar surface area (TPSA) is 65.0 Å². The minimum Gasteiger partial charge on any atom is -0.456 e. The zero-order chi connectivity index (χ0) is 34.2. The number of furan rings is 2. The van der Waals surface area contributed by atoms with Crippen LogP contribution in [0, 0.1) is 0 Å². The molecule has 5 heteroatoms. The second kappa shape index (κ2) is 11.2. The first-order valence-corrected chi connectivity index (χ1v) is 17.3. The minimum atomic E-state index is 0.594. The second-order valence-electron chi connectivity index (χ2n) is 13.2. The number of rotatable bonds is 4. The lowest BCUT2D eigenvalue weighted by Gasteiger charge is -2.10. The Morgan fingerprint density at radius 3 is 1.65 bits per heavy atom. The molecule has 0 bridgehead atoms. The summed E-state index contributed by atoms with van der Waals surface area (Å²) in [5.41, 5.74) is 8.21. The van der Waals surface area contributed by atoms with Gasteiger partial charge >= 0.3 is 0 Å². The molecule has 0 radical (unpaired) electrons. The van der Waals surface area contributed by atoms with Crippen LogP contribution < -0.4 is 0 Å². The van der Waals surface area contributed by atoms with E-state index in [4.69, 9.17) is 23.8 Å². The van der Waals surface area contributed by atoms with Gasteiger partial charge in [0.15, 0.2) is 17.5 Å². The maximum Gasteiger partial charge on any atom is 0.164 e. The van der Waals surface area contributed by atoms with Crippen molar-refractivity contribution in [3.05, 3.63) is 164 Å². The molecule has 0 spiro atoms. The number of aromatic nitrogens is 3. The van der Waals surface area contributed by atoms with Crippen LogP contribution >= 0.6 is 0 Å². The molecule has 0 amide bonds. The lowest BCUT2D eigenvalue weighted by Crippen LogP contribution is -2.00. The van der Waals surface area contributed by atoms with Gasteiger partial charge in [0, 0.05) is 38.2 Å². The first-order chi connectivity index (χ1) is 25.7. The molecule has 0 atom stereocenters. The lowest BCUT2D eigenvalue weighted by molar-refractivity contribution is 0.668. The SMILES string of the molecule is c1ccc(-c2nc(-c3ccc4ccccc4c3)nc(-c3cccc4oc5cc(-c6cccc7oc8cc9ccccc9cc8c67)ccc5c34)n2)cc1. The maximum atomic E-state index is 6.60. The van der Waals surface area contributed by atoms with E-state index in [1.165, 1.54) is 10.8 Å². The Kier molecular flexibility index (Phi) is 6.18. The molecule has 3 aromatic heterocycles. The van der Waals surface area contributed by atoms with Crippen LogP contribution in [0.3, 0.4) is 0 Å². The van der Waals surface area contributed by atoms with E-state index < -0.39 is 0 Å². The molecule has 242 valence electrons. The number of benzene rings is 8. The van der Waals surface area contributed by atoms with Crippen LogP contribution in [0.25, 0.3) is 111 Å². The summed E-state index contributed by atoms with van der Waals surface area (Å²) >= 11 is 0. The van der Waals surface area contributed by atoms with E-state index >= 15 is 0 Å². The van der Waals surface area contributed by atoms with Crippen LogP contribution in [-0.2, 0) is 0 Å². The van der Waals surface area contributed by atoms with Crippen molar-refractivity contribution in [1.29, 1.82) is 0 Å². The highest BCUT2D eigenvalue weighted by molar-refractivity contribution is 6.17. The fraction of sp³-hybridized carbons (Fsp3) is 0. The molecule has 0 unspecified atom stereocenters. The molecular weight excluding hydrogens is 639 g/mol. The standard InChI is InChI=1S/C47H27N3O2/c1-2-11-29(12-3-1)45-48-46(34-21-20-28-10-4-5-13-30(28)24-34)50-47(49-45)37-17-9-19-40-44(37)36-23-22-33(27-41(36)51-40)35-16-8-18-39-43(35)38-25-31-14-6-7-15-32(31)26-42(38)52-39/h1-27H. The van der Waals surface area contributed by atoms with E-state index in [0.717, 1.165) is 82.5 Å². The smallest absolute Gasteiger partial charge is 0.164 e. The average Bonchev–Trinajstić information content (AvgIpc) is 3.77. The molecular formula is C47H27N3O2. The number of nitrogens with zero attached hydrogens (tertiary/aromatic N) is 3. The summed E-state index contributed by atoms with van der Waals surface area (Å²) in [7, 11) is 0. The molecule has 11 rings (SSSR count). The Morgan fingerprint density at radius 1 is 0.308 bits per heavy atom. The third-order valence-electron chi connectivity index (χ3n) is 10.1. The van der Waals surface area contributed by atoms with Crippen molar-refractivity contribution < 1.29 is 8.83 Å². The third-order valence-corrected chi connectivity index (χ3v) is 10.1. The Morgan fingerprint density at radius 2 is 0.885 bits per heavy atom. The molecule has 0 N–H and O–H groups in total. The van der Waals surface area contributed by atoms with Crippen LogP contribution in [0.5, 0.6) is 0 Å². The Balaban J connectivity index is 1.09. The average molecular weight is 666 g/mol. The fourth-order valence-electron chi connectivity index (χ4n) is 7.60. The first kappa shape index (κ1) is 28.7. The highest BCUT2D eigenvalue weighted by Crippen LogP contribution is 2.42. The summed E-state index contributed by atoms with van der Waals surface area (Å²) in [5.74, 6) is 1.83. The van der Waals surface area contributed by atoms with Gasteiger partial charge in [-0.3, -0.25) is 0 Å². The largest absolute Gasteiger partial charge is 0.456 e. The molecule has 0 aliphatic rings. The highest BCUT2D eigenvalue weighted by Gasteiger charge is 2.20. The molecule has 5 nitrogen and oxygen atoms in total. The summed E-state index contributed by atoms with van der Waals surface area (Å²) in [4.78, 5) is 15.2. The Labute approximate surface area is 297 Å². The zero-order valence-electron chi connectivity index (χ0n) is 27.7. The van der Waals surface area contributed by atoms with Gasteiger partial charge in [-0.05, 0) is 75.1 Å². The van der Waals surface area contributed by atoms with Crippen LogP contribution in [0.2, 0.25) is 0 Å². The molecule has 0 fully saturated rings. The summed E-state index contributed by atoms with van der Waals surface area (Å²) in [6.07, 6.45) is 0. The van der Waals surface area contributed by atoms with Crippen LogP contribution in [0.15, 0.2) is 173 Å². The van der Waals surface area contributed by atoms with Crippen molar-refractivity contribution in [3.8, 4) is 45.3 Å². The van der Waals surface area contributed by atoms with Gasteiger partial charge in [-0.1, -0.05) is 121 Å². The Hall–Kier alpha value is -7.11. The van der Waals surface area contributed by atoms with E-state index in [1.54, 1.807) is 0 Å². The van der Waals surface area contributed by atoms with Gasteiger partial charge in [0.1, 0.15) is 22.3 Å². The molecule has 3 heterocycles. The third kappa shape index (κ3) is 4.53. The molecule has 0 aliphatic heterocycles. The molecule has 0 saturated heterocycles. The maximum absolute atomic E-state index is 6.60. The van der Waals surface area contributed by atoms with Gasteiger partial charge in [-0.2, -0.15) is 0 Å². The predicted octanol–water partition coefficient (Wildman–Crippen LogP) is 12.6. The van der Waals surface area contributed by atoms with Crippen LogP contribution in [0.1, 0.15) is 0 Å². The number of fused-ring (bicyclic) bond motifs is 8. The molecule has 0 aliphatic carbocycles. The van der Waals surface area contributed by atoms with Crippen molar-refractivity contribution in [2.24, 2.45) is 0 Å². The quantitative estimate of drug-likeness (QED) is 0.187. The van der Waals surface area contributed by atoms with E-state index in [-0.39, 0.29) is 0 Å². The van der Waals surface area contributed by atoms with Crippen molar-refractivity contribution in [1.82, 2.24) is 15.0 Å². The molecule has 11 aromatic rings. The lowest BCUT2D eigenvalue weighted by atomic mass is 9.97. The van der Waals surface area contributed by atoms with Gasteiger partial charge in [-0.25, -0.2) is 15.0 Å². The van der Waals surface area contributed by atoms with E-state index in [9.17, 15) is 0 Å². The van der Waals surface area contributed by atoms with Crippen molar-refractivity contribution in [3.63, 3.8) is 0 Å². The van der Waals surface area contributed by atoms with Crippen LogP contribution in [-0.4, -0.2) is 15.0 Å². The fourth-order valence-corrected chi connectivity index (χ4v) is 7.60. The van der Waals surface area contributed by atoms with Gasteiger partial charge < -0.3 is 8.83 Å². The first-order valence-electron chi connectivity index (χ1n) is 17.3. The summed E-state index contributed by atoms with van der Waals surface area (Å²) in [6, 6.07) is 56.3. The van der Waals surface area contributed by atoms with Crippen molar-refractivity contribution >= 4 is 65.4 Å².